The maximum atomic E-state index is 11.6. The van der Waals surface area contributed by atoms with Crippen LogP contribution in [0.4, 0.5) is 5.69 Å². The maximum absolute atomic E-state index is 11.6. The van der Waals surface area contributed by atoms with Gasteiger partial charge in [0.1, 0.15) is 5.02 Å². The molecule has 0 saturated carbocycles. The third-order valence-corrected chi connectivity index (χ3v) is 3.11. The van der Waals surface area contributed by atoms with E-state index >= 15 is 0 Å². The van der Waals surface area contributed by atoms with Crippen LogP contribution in [0.1, 0.15) is 22.8 Å². The Balaban J connectivity index is 2.41. The summed E-state index contributed by atoms with van der Waals surface area (Å²) >= 11 is 5.89. The molecule has 0 unspecified atom stereocenters. The van der Waals surface area contributed by atoms with E-state index in [1.807, 2.05) is 0 Å². The number of carbonyl (C=O) groups is 1. The number of nitro groups is 1. The van der Waals surface area contributed by atoms with E-state index in [0.717, 1.165) is 0 Å². The second-order valence-corrected chi connectivity index (χ2v) is 4.65. The van der Waals surface area contributed by atoms with Crippen LogP contribution >= 0.6 is 11.6 Å². The Hall–Kier alpha value is -2.41. The largest absolute Gasteiger partial charge is 0.462 e. The number of hydrogen-bond donors (Lipinski definition) is 0. The summed E-state index contributed by atoms with van der Waals surface area (Å²) in [6, 6.07) is 2.81. The number of esters is 1. The first-order chi connectivity index (χ1) is 9.93. The molecule has 2 rings (SSSR count). The van der Waals surface area contributed by atoms with Crippen molar-refractivity contribution >= 4 is 23.3 Å². The lowest BCUT2D eigenvalue weighted by atomic mass is 10.2. The molecule has 0 aliphatic rings. The minimum atomic E-state index is -0.549. The van der Waals surface area contributed by atoms with Crippen LogP contribution in [0, 0.1) is 17.0 Å². The number of carbonyl (C=O) groups excluding carboxylic acids is 1. The minimum absolute atomic E-state index is 0.00813. The Morgan fingerprint density at radius 1 is 1.52 bits per heavy atom. The number of nitrogens with zero attached hydrogens (tertiary/aromatic N) is 3. The van der Waals surface area contributed by atoms with Gasteiger partial charge >= 0.3 is 5.97 Å². The number of benzene rings is 1. The molecule has 1 heterocycles. The molecule has 0 amide bonds. The molecule has 0 atom stereocenters. The highest BCUT2D eigenvalue weighted by Crippen LogP contribution is 2.29. The number of ether oxygens (including phenoxy) is 1. The Morgan fingerprint density at radius 3 is 2.86 bits per heavy atom. The summed E-state index contributed by atoms with van der Waals surface area (Å²) in [6.45, 7) is 3.68. The highest BCUT2D eigenvalue weighted by molar-refractivity contribution is 6.32. The number of aromatic nitrogens is 2. The van der Waals surface area contributed by atoms with Gasteiger partial charge in [-0.3, -0.25) is 10.1 Å². The van der Waals surface area contributed by atoms with E-state index in [1.54, 1.807) is 13.8 Å². The van der Waals surface area contributed by atoms with Crippen LogP contribution < -0.4 is 0 Å². The van der Waals surface area contributed by atoms with Crippen molar-refractivity contribution in [3.63, 3.8) is 0 Å². The lowest BCUT2D eigenvalue weighted by molar-refractivity contribution is -0.384. The van der Waals surface area contributed by atoms with Gasteiger partial charge < -0.3 is 4.74 Å². The Morgan fingerprint density at radius 2 is 2.24 bits per heavy atom. The van der Waals surface area contributed by atoms with E-state index in [-0.39, 0.29) is 17.3 Å². The van der Waals surface area contributed by atoms with E-state index < -0.39 is 10.9 Å². The number of rotatable bonds is 4. The highest BCUT2D eigenvalue weighted by Gasteiger charge is 2.17. The van der Waals surface area contributed by atoms with Crippen LogP contribution in [0.5, 0.6) is 0 Å². The Kier molecular flexibility index (Phi) is 4.23. The van der Waals surface area contributed by atoms with Crippen molar-refractivity contribution < 1.29 is 14.5 Å². The van der Waals surface area contributed by atoms with E-state index in [2.05, 4.69) is 5.10 Å². The van der Waals surface area contributed by atoms with E-state index in [0.29, 0.717) is 16.8 Å². The molecule has 0 aliphatic heterocycles. The van der Waals surface area contributed by atoms with Gasteiger partial charge in [-0.2, -0.15) is 5.10 Å². The number of halogens is 1. The van der Waals surface area contributed by atoms with Crippen molar-refractivity contribution in [1.82, 2.24) is 9.78 Å². The van der Waals surface area contributed by atoms with Crippen LogP contribution in [0.15, 0.2) is 24.5 Å². The third-order valence-electron chi connectivity index (χ3n) is 2.80. The molecule has 21 heavy (non-hydrogen) atoms. The number of nitro benzene ring substituents is 1. The molecule has 0 N–H and O–H groups in total. The predicted octanol–water partition coefficient (Wildman–Crippen LogP) is 2.92. The van der Waals surface area contributed by atoms with Crippen LogP contribution in [-0.4, -0.2) is 27.3 Å². The number of aryl methyl sites for hydroxylation is 1. The molecule has 2 aromatic rings. The zero-order chi connectivity index (χ0) is 15.6. The van der Waals surface area contributed by atoms with Gasteiger partial charge in [0, 0.05) is 12.3 Å². The van der Waals surface area contributed by atoms with Crippen LogP contribution in [-0.2, 0) is 4.74 Å². The second kappa shape index (κ2) is 5.92. The van der Waals surface area contributed by atoms with Crippen molar-refractivity contribution in [2.24, 2.45) is 0 Å². The fraction of sp³-hybridized carbons (Fsp3) is 0.231. The van der Waals surface area contributed by atoms with Crippen molar-refractivity contribution in [3.8, 4) is 5.69 Å². The first-order valence-electron chi connectivity index (χ1n) is 6.10. The molecular weight excluding hydrogens is 298 g/mol. The predicted molar refractivity (Wildman–Crippen MR) is 75.9 cm³/mol. The van der Waals surface area contributed by atoms with Gasteiger partial charge in [-0.1, -0.05) is 11.6 Å². The van der Waals surface area contributed by atoms with Gasteiger partial charge in [-0.05, 0) is 25.5 Å². The van der Waals surface area contributed by atoms with Crippen LogP contribution in [0.2, 0.25) is 5.02 Å². The molecule has 8 heteroatoms. The van der Waals surface area contributed by atoms with E-state index in [9.17, 15) is 14.9 Å². The molecule has 110 valence electrons. The molecule has 7 nitrogen and oxygen atoms in total. The van der Waals surface area contributed by atoms with E-state index in [1.165, 1.54) is 29.2 Å². The maximum Gasteiger partial charge on any atom is 0.341 e. The zero-order valence-corrected chi connectivity index (χ0v) is 12.1. The van der Waals surface area contributed by atoms with Gasteiger partial charge in [0.2, 0.25) is 0 Å². The highest BCUT2D eigenvalue weighted by atomic mass is 35.5. The number of hydrogen-bond acceptors (Lipinski definition) is 5. The Labute approximate surface area is 125 Å². The zero-order valence-electron chi connectivity index (χ0n) is 11.4. The molecule has 0 aliphatic carbocycles. The fourth-order valence-electron chi connectivity index (χ4n) is 1.82. The molecular formula is C13H12ClN3O4. The van der Waals surface area contributed by atoms with Gasteiger partial charge in [0.15, 0.2) is 0 Å². The lowest BCUT2D eigenvalue weighted by Gasteiger charge is -2.06. The first-order valence-corrected chi connectivity index (χ1v) is 6.48. The van der Waals surface area contributed by atoms with Gasteiger partial charge in [0.25, 0.3) is 5.69 Å². The second-order valence-electron chi connectivity index (χ2n) is 4.24. The van der Waals surface area contributed by atoms with Crippen molar-refractivity contribution in [2.75, 3.05) is 6.61 Å². The molecule has 0 bridgehead atoms. The monoisotopic (exact) mass is 309 g/mol. The summed E-state index contributed by atoms with van der Waals surface area (Å²) in [5.41, 5.74) is 1.30. The normalized spacial score (nSPS) is 10.4. The average molecular weight is 310 g/mol. The molecule has 1 aromatic heterocycles. The third kappa shape index (κ3) is 3.03. The van der Waals surface area contributed by atoms with Gasteiger partial charge in [-0.15, -0.1) is 0 Å². The summed E-state index contributed by atoms with van der Waals surface area (Å²) < 4.78 is 6.30. The average Bonchev–Trinajstić information content (AvgIpc) is 2.90. The SMILES string of the molecule is CCOC(=O)c1cnn(-c2cc(Cl)c([N+](=O)[O-])cc2C)c1. The summed E-state index contributed by atoms with van der Waals surface area (Å²) in [4.78, 5) is 21.9. The van der Waals surface area contributed by atoms with Crippen LogP contribution in [0.25, 0.3) is 5.69 Å². The molecule has 1 aromatic carbocycles. The lowest BCUT2D eigenvalue weighted by Crippen LogP contribution is -2.03. The topological polar surface area (TPSA) is 87.3 Å². The van der Waals surface area contributed by atoms with Crippen molar-refractivity contribution in [1.29, 1.82) is 0 Å². The van der Waals surface area contributed by atoms with E-state index in [4.69, 9.17) is 16.3 Å². The summed E-state index contributed by atoms with van der Waals surface area (Å²) in [6.07, 6.45) is 2.86. The molecule has 0 radical (unpaired) electrons. The van der Waals surface area contributed by atoms with Crippen molar-refractivity contribution in [2.45, 2.75) is 13.8 Å². The molecule has 0 spiro atoms. The summed E-state index contributed by atoms with van der Waals surface area (Å²) in [7, 11) is 0. The molecule has 0 saturated heterocycles. The standard InChI is InChI=1S/C13H12ClN3O4/c1-3-21-13(18)9-6-15-16(7-9)11-5-10(14)12(17(19)20)4-8(11)2/h4-7H,3H2,1-2H3. The fourth-order valence-corrected chi connectivity index (χ4v) is 2.04. The summed E-state index contributed by atoms with van der Waals surface area (Å²) in [5, 5.41) is 14.9. The van der Waals surface area contributed by atoms with Gasteiger partial charge in [-0.25, -0.2) is 9.48 Å². The quantitative estimate of drug-likeness (QED) is 0.492. The summed E-state index contributed by atoms with van der Waals surface area (Å²) in [5.74, 6) is -0.477. The minimum Gasteiger partial charge on any atom is -0.462 e. The van der Waals surface area contributed by atoms with Crippen LogP contribution in [0.3, 0.4) is 0 Å². The van der Waals surface area contributed by atoms with Gasteiger partial charge in [0.05, 0.1) is 29.0 Å². The molecule has 0 fully saturated rings. The first kappa shape index (κ1) is 15.0. The Bertz CT molecular complexity index is 711. The van der Waals surface area contributed by atoms with Crippen molar-refractivity contribution in [3.05, 3.63) is 50.8 Å². The smallest absolute Gasteiger partial charge is 0.341 e.